The molecular weight excluding hydrogens is 246 g/mol. The Balaban J connectivity index is 1.94. The monoisotopic (exact) mass is 267 g/mol. The Morgan fingerprint density at radius 2 is 2.10 bits per heavy atom. The Hall–Kier alpha value is -1.61. The van der Waals surface area contributed by atoms with Gasteiger partial charge in [-0.05, 0) is 31.2 Å². The second-order valence-electron chi connectivity index (χ2n) is 6.28. The fourth-order valence-electron chi connectivity index (χ4n) is 3.84. The second-order valence-corrected chi connectivity index (χ2v) is 6.28. The van der Waals surface area contributed by atoms with Crippen LogP contribution in [0.3, 0.4) is 0 Å². The number of hydrogen-bond acceptors (Lipinski definition) is 2. The van der Waals surface area contributed by atoms with E-state index >= 15 is 0 Å². The van der Waals surface area contributed by atoms with Gasteiger partial charge in [-0.25, -0.2) is 4.98 Å². The minimum atomic E-state index is 0.272. The molecule has 1 aromatic carbocycles. The number of fused-ring (bicyclic) bond motifs is 5. The fraction of sp³-hybridized carbons (Fsp3) is 0.471. The zero-order valence-electron chi connectivity index (χ0n) is 12.0. The maximum Gasteiger partial charge on any atom is 0.112 e. The number of rotatable bonds is 0. The molecule has 2 atom stereocenters. The molecule has 0 saturated heterocycles. The number of aryl methyl sites for hydroxylation is 1. The van der Waals surface area contributed by atoms with Crippen LogP contribution in [0.4, 0.5) is 0 Å². The summed E-state index contributed by atoms with van der Waals surface area (Å²) in [6, 6.07) is 9.01. The van der Waals surface area contributed by atoms with Gasteiger partial charge < -0.3 is 10.3 Å². The number of benzene rings is 1. The van der Waals surface area contributed by atoms with E-state index in [0.29, 0.717) is 5.92 Å². The predicted octanol–water partition coefficient (Wildman–Crippen LogP) is 2.87. The van der Waals surface area contributed by atoms with Crippen molar-refractivity contribution in [1.29, 1.82) is 0 Å². The SMILES string of the molecule is CC1CC(N)Cn2c1nc1c2CCCc2ccccc2-1. The molecule has 2 aliphatic rings. The van der Waals surface area contributed by atoms with Crippen molar-refractivity contribution in [3.05, 3.63) is 41.3 Å². The highest BCUT2D eigenvalue weighted by atomic mass is 15.1. The molecule has 3 nitrogen and oxygen atoms in total. The highest BCUT2D eigenvalue weighted by Gasteiger charge is 2.29. The molecule has 0 saturated carbocycles. The van der Waals surface area contributed by atoms with Gasteiger partial charge in [0, 0.05) is 29.8 Å². The smallest absolute Gasteiger partial charge is 0.112 e. The Bertz CT molecular complexity index is 656. The average molecular weight is 267 g/mol. The van der Waals surface area contributed by atoms with Crippen LogP contribution in [0.2, 0.25) is 0 Å². The maximum absolute atomic E-state index is 6.22. The van der Waals surface area contributed by atoms with E-state index in [1.165, 1.54) is 34.8 Å². The van der Waals surface area contributed by atoms with Crippen LogP contribution in [-0.2, 0) is 19.4 Å². The van der Waals surface area contributed by atoms with E-state index in [0.717, 1.165) is 25.8 Å². The molecule has 4 rings (SSSR count). The van der Waals surface area contributed by atoms with Gasteiger partial charge in [0.25, 0.3) is 0 Å². The molecular formula is C17H21N3. The van der Waals surface area contributed by atoms with E-state index in [4.69, 9.17) is 10.7 Å². The molecule has 0 amide bonds. The largest absolute Gasteiger partial charge is 0.330 e. The average Bonchev–Trinajstić information content (AvgIpc) is 2.69. The van der Waals surface area contributed by atoms with Gasteiger partial charge in [0.2, 0.25) is 0 Å². The van der Waals surface area contributed by atoms with E-state index in [1.54, 1.807) is 0 Å². The molecule has 1 aliphatic heterocycles. The highest BCUT2D eigenvalue weighted by Crippen LogP contribution is 2.36. The van der Waals surface area contributed by atoms with E-state index in [9.17, 15) is 0 Å². The van der Waals surface area contributed by atoms with Crippen LogP contribution < -0.4 is 5.73 Å². The zero-order valence-corrected chi connectivity index (χ0v) is 12.0. The summed E-state index contributed by atoms with van der Waals surface area (Å²) < 4.78 is 2.41. The Morgan fingerprint density at radius 3 is 3.00 bits per heavy atom. The third kappa shape index (κ3) is 1.73. The lowest BCUT2D eigenvalue weighted by molar-refractivity contribution is 0.399. The fourth-order valence-corrected chi connectivity index (χ4v) is 3.84. The summed E-state index contributed by atoms with van der Waals surface area (Å²) in [5.41, 5.74) is 11.6. The summed E-state index contributed by atoms with van der Waals surface area (Å²) in [4.78, 5) is 5.02. The molecule has 3 heteroatoms. The first-order chi connectivity index (χ1) is 9.74. The molecule has 20 heavy (non-hydrogen) atoms. The third-order valence-corrected chi connectivity index (χ3v) is 4.75. The second kappa shape index (κ2) is 4.45. The first-order valence-electron chi connectivity index (χ1n) is 7.67. The van der Waals surface area contributed by atoms with Crippen LogP contribution in [0.25, 0.3) is 11.3 Å². The van der Waals surface area contributed by atoms with Crippen LogP contribution >= 0.6 is 0 Å². The molecule has 104 valence electrons. The topological polar surface area (TPSA) is 43.8 Å². The molecule has 1 aliphatic carbocycles. The zero-order chi connectivity index (χ0) is 13.7. The van der Waals surface area contributed by atoms with Gasteiger partial charge >= 0.3 is 0 Å². The Labute approximate surface area is 119 Å². The molecule has 2 aromatic rings. The molecule has 2 N–H and O–H groups in total. The Kier molecular flexibility index (Phi) is 2.71. The van der Waals surface area contributed by atoms with Crippen LogP contribution in [0, 0.1) is 0 Å². The lowest BCUT2D eigenvalue weighted by Gasteiger charge is -2.26. The van der Waals surface area contributed by atoms with Crippen molar-refractivity contribution in [2.75, 3.05) is 0 Å². The molecule has 0 radical (unpaired) electrons. The van der Waals surface area contributed by atoms with E-state index in [2.05, 4.69) is 35.8 Å². The predicted molar refractivity (Wildman–Crippen MR) is 80.7 cm³/mol. The minimum absolute atomic E-state index is 0.272. The summed E-state index contributed by atoms with van der Waals surface area (Å²) in [7, 11) is 0. The van der Waals surface area contributed by atoms with Crippen molar-refractivity contribution in [3.63, 3.8) is 0 Å². The summed E-state index contributed by atoms with van der Waals surface area (Å²) in [5.74, 6) is 1.71. The van der Waals surface area contributed by atoms with E-state index in [1.807, 2.05) is 0 Å². The van der Waals surface area contributed by atoms with Crippen LogP contribution in [0.5, 0.6) is 0 Å². The molecule has 1 aromatic heterocycles. The normalized spacial score (nSPS) is 24.5. The van der Waals surface area contributed by atoms with Crippen LogP contribution in [-0.4, -0.2) is 15.6 Å². The highest BCUT2D eigenvalue weighted by molar-refractivity contribution is 5.67. The van der Waals surface area contributed by atoms with Gasteiger partial charge in [-0.1, -0.05) is 31.2 Å². The number of aromatic nitrogens is 2. The summed E-state index contributed by atoms with van der Waals surface area (Å²) in [5, 5.41) is 0. The van der Waals surface area contributed by atoms with Crippen LogP contribution in [0.15, 0.2) is 24.3 Å². The summed E-state index contributed by atoms with van der Waals surface area (Å²) in [6.07, 6.45) is 4.54. The number of hydrogen-bond donors (Lipinski definition) is 1. The maximum atomic E-state index is 6.22. The third-order valence-electron chi connectivity index (χ3n) is 4.75. The Morgan fingerprint density at radius 1 is 1.25 bits per heavy atom. The molecule has 2 unspecified atom stereocenters. The van der Waals surface area contributed by atoms with E-state index < -0.39 is 0 Å². The van der Waals surface area contributed by atoms with Gasteiger partial charge in [-0.15, -0.1) is 0 Å². The van der Waals surface area contributed by atoms with Gasteiger partial charge in [0.15, 0.2) is 0 Å². The van der Waals surface area contributed by atoms with Gasteiger partial charge in [-0.3, -0.25) is 0 Å². The number of nitrogens with two attached hydrogens (primary N) is 1. The summed E-state index contributed by atoms with van der Waals surface area (Å²) >= 11 is 0. The molecule has 0 bridgehead atoms. The first-order valence-corrected chi connectivity index (χ1v) is 7.67. The minimum Gasteiger partial charge on any atom is -0.330 e. The first kappa shape index (κ1) is 12.2. The standard InChI is InChI=1S/C17H21N3/c1-11-9-13(18)10-20-15-8-4-6-12-5-2-3-7-14(12)16(15)19-17(11)20/h2-3,5,7,11,13H,4,6,8-10,18H2,1H3. The van der Waals surface area contributed by atoms with Crippen LogP contribution in [0.1, 0.15) is 42.8 Å². The molecule has 0 fully saturated rings. The lowest BCUT2D eigenvalue weighted by Crippen LogP contribution is -2.34. The quantitative estimate of drug-likeness (QED) is 0.797. The number of nitrogens with zero attached hydrogens (tertiary/aromatic N) is 2. The van der Waals surface area contributed by atoms with Crippen molar-refractivity contribution >= 4 is 0 Å². The lowest BCUT2D eigenvalue weighted by atomic mass is 9.97. The van der Waals surface area contributed by atoms with Gasteiger partial charge in [0.1, 0.15) is 5.82 Å². The summed E-state index contributed by atoms with van der Waals surface area (Å²) in [6.45, 7) is 3.19. The van der Waals surface area contributed by atoms with Crippen molar-refractivity contribution in [1.82, 2.24) is 9.55 Å². The van der Waals surface area contributed by atoms with Crippen molar-refractivity contribution in [3.8, 4) is 11.3 Å². The van der Waals surface area contributed by atoms with E-state index in [-0.39, 0.29) is 6.04 Å². The molecule has 2 heterocycles. The molecule has 0 spiro atoms. The van der Waals surface area contributed by atoms with Crippen molar-refractivity contribution < 1.29 is 0 Å². The van der Waals surface area contributed by atoms with Crippen molar-refractivity contribution in [2.45, 2.75) is 51.1 Å². The van der Waals surface area contributed by atoms with Gasteiger partial charge in [0.05, 0.1) is 5.69 Å². The number of imidazole rings is 1. The van der Waals surface area contributed by atoms with Gasteiger partial charge in [-0.2, -0.15) is 0 Å². The van der Waals surface area contributed by atoms with Crippen molar-refractivity contribution in [2.24, 2.45) is 5.73 Å².